The first kappa shape index (κ1) is 15.2. The monoisotopic (exact) mass is 316 g/mol. The molecule has 6 heteroatoms. The van der Waals surface area contributed by atoms with E-state index >= 15 is 0 Å². The molecule has 2 N–H and O–H groups in total. The molecule has 0 atom stereocenters. The maximum Gasteiger partial charge on any atom is 0.283 e. The molecule has 0 amide bonds. The molecular weight excluding hydrogens is 296 g/mol. The van der Waals surface area contributed by atoms with Gasteiger partial charge in [-0.1, -0.05) is 20.3 Å². The normalized spacial score (nSPS) is 10.6. The maximum absolute atomic E-state index is 12.0. The van der Waals surface area contributed by atoms with Crippen molar-refractivity contribution in [3.63, 3.8) is 0 Å². The molecule has 0 aromatic carbocycles. The minimum atomic E-state index is -0.0723. The lowest BCUT2D eigenvalue weighted by atomic mass is 10.3. The van der Waals surface area contributed by atoms with Crippen LogP contribution in [0.5, 0.6) is 0 Å². The molecule has 5 nitrogen and oxygen atoms in total. The quantitative estimate of drug-likeness (QED) is 0.718. The summed E-state index contributed by atoms with van der Waals surface area (Å²) >= 11 is 3.34. The Morgan fingerprint density at radius 3 is 2.83 bits per heavy atom. The highest BCUT2D eigenvalue weighted by atomic mass is 79.9. The second kappa shape index (κ2) is 8.26. The van der Waals surface area contributed by atoms with Gasteiger partial charge in [-0.15, -0.1) is 0 Å². The first-order valence-corrected chi connectivity index (χ1v) is 7.20. The van der Waals surface area contributed by atoms with Gasteiger partial charge in [-0.05, 0) is 28.9 Å². The van der Waals surface area contributed by atoms with Crippen molar-refractivity contribution < 1.29 is 0 Å². The minimum absolute atomic E-state index is 0.0723. The van der Waals surface area contributed by atoms with Gasteiger partial charge in [0.05, 0.1) is 11.9 Å². The van der Waals surface area contributed by atoms with E-state index in [1.165, 1.54) is 4.68 Å². The fourth-order valence-electron chi connectivity index (χ4n) is 1.52. The van der Waals surface area contributed by atoms with E-state index in [9.17, 15) is 4.79 Å². The number of rotatable bonds is 8. The summed E-state index contributed by atoms with van der Waals surface area (Å²) < 4.78 is 2.06. The van der Waals surface area contributed by atoms with Crippen LogP contribution in [-0.2, 0) is 6.54 Å². The Hall–Kier alpha value is -0.880. The highest BCUT2D eigenvalue weighted by Gasteiger charge is 2.07. The van der Waals surface area contributed by atoms with Crippen LogP contribution in [0.4, 0.5) is 5.69 Å². The highest BCUT2D eigenvalue weighted by Crippen LogP contribution is 2.15. The van der Waals surface area contributed by atoms with Crippen LogP contribution in [0.25, 0.3) is 0 Å². The molecule has 0 saturated carbocycles. The molecule has 1 aromatic rings. The second-order valence-corrected chi connectivity index (χ2v) is 4.83. The van der Waals surface area contributed by atoms with Crippen LogP contribution in [0, 0.1) is 0 Å². The van der Waals surface area contributed by atoms with Crippen LogP contribution in [0.1, 0.15) is 26.7 Å². The maximum atomic E-state index is 12.0. The third kappa shape index (κ3) is 4.42. The van der Waals surface area contributed by atoms with Gasteiger partial charge in [0.15, 0.2) is 0 Å². The van der Waals surface area contributed by atoms with Gasteiger partial charge in [0.25, 0.3) is 5.56 Å². The van der Waals surface area contributed by atoms with Crippen LogP contribution >= 0.6 is 15.9 Å². The van der Waals surface area contributed by atoms with Crippen LogP contribution in [-0.4, -0.2) is 29.4 Å². The third-order valence-corrected chi connectivity index (χ3v) is 3.34. The Morgan fingerprint density at radius 2 is 2.17 bits per heavy atom. The van der Waals surface area contributed by atoms with Crippen LogP contribution < -0.4 is 16.2 Å². The van der Waals surface area contributed by atoms with Gasteiger partial charge in [0.1, 0.15) is 4.47 Å². The third-order valence-electron chi connectivity index (χ3n) is 2.58. The molecule has 0 spiro atoms. The number of unbranched alkanes of at least 4 members (excludes halogenated alkanes) is 1. The molecule has 0 saturated heterocycles. The molecule has 0 fully saturated rings. The largest absolute Gasteiger partial charge is 0.381 e. The number of hydrogen-bond donors (Lipinski definition) is 2. The molecule has 1 heterocycles. The van der Waals surface area contributed by atoms with Crippen LogP contribution in [0.3, 0.4) is 0 Å². The van der Waals surface area contributed by atoms with Crippen molar-refractivity contribution >= 4 is 21.6 Å². The summed E-state index contributed by atoms with van der Waals surface area (Å²) in [6.45, 7) is 7.41. The zero-order valence-corrected chi connectivity index (χ0v) is 12.6. The second-order valence-electron chi connectivity index (χ2n) is 4.03. The summed E-state index contributed by atoms with van der Waals surface area (Å²) in [5.74, 6) is 0. The van der Waals surface area contributed by atoms with Crippen molar-refractivity contribution in [1.82, 2.24) is 15.1 Å². The smallest absolute Gasteiger partial charge is 0.283 e. The molecule has 1 rings (SSSR count). The summed E-state index contributed by atoms with van der Waals surface area (Å²) in [7, 11) is 0. The first-order chi connectivity index (χ1) is 8.70. The summed E-state index contributed by atoms with van der Waals surface area (Å²) in [5, 5.41) is 10.6. The summed E-state index contributed by atoms with van der Waals surface area (Å²) in [6, 6.07) is 0. The van der Waals surface area contributed by atoms with Gasteiger partial charge in [-0.25, -0.2) is 4.68 Å². The van der Waals surface area contributed by atoms with Gasteiger partial charge in [0, 0.05) is 19.6 Å². The predicted molar refractivity (Wildman–Crippen MR) is 78.1 cm³/mol. The minimum Gasteiger partial charge on any atom is -0.381 e. The number of anilines is 1. The topological polar surface area (TPSA) is 59.0 Å². The van der Waals surface area contributed by atoms with E-state index in [2.05, 4.69) is 45.5 Å². The first-order valence-electron chi connectivity index (χ1n) is 6.40. The average molecular weight is 317 g/mol. The molecule has 0 aliphatic rings. The zero-order chi connectivity index (χ0) is 13.4. The van der Waals surface area contributed by atoms with E-state index in [1.807, 2.05) is 0 Å². The number of likely N-dealkylation sites (N-methyl/N-ethyl adjacent to an activating group) is 1. The summed E-state index contributed by atoms with van der Waals surface area (Å²) in [6.07, 6.45) is 3.72. The van der Waals surface area contributed by atoms with Gasteiger partial charge < -0.3 is 10.6 Å². The fourth-order valence-corrected chi connectivity index (χ4v) is 1.97. The predicted octanol–water partition coefficient (Wildman–Crippen LogP) is 1.83. The number of nitrogens with zero attached hydrogens (tertiary/aromatic N) is 2. The molecule has 0 bridgehead atoms. The van der Waals surface area contributed by atoms with Gasteiger partial charge in [-0.2, -0.15) is 5.10 Å². The number of hydrogen-bond acceptors (Lipinski definition) is 4. The Labute approximate surface area is 116 Å². The number of aryl methyl sites for hydroxylation is 1. The van der Waals surface area contributed by atoms with E-state index in [0.29, 0.717) is 11.0 Å². The van der Waals surface area contributed by atoms with E-state index < -0.39 is 0 Å². The lowest BCUT2D eigenvalue weighted by molar-refractivity contribution is 0.541. The molecule has 18 heavy (non-hydrogen) atoms. The Bertz CT molecular complexity index is 419. The average Bonchev–Trinajstić information content (AvgIpc) is 2.38. The van der Waals surface area contributed by atoms with Crippen molar-refractivity contribution in [2.45, 2.75) is 33.2 Å². The Morgan fingerprint density at radius 1 is 1.39 bits per heavy atom. The Kier molecular flexibility index (Phi) is 6.97. The van der Waals surface area contributed by atoms with Crippen molar-refractivity contribution in [3.8, 4) is 0 Å². The highest BCUT2D eigenvalue weighted by molar-refractivity contribution is 9.10. The zero-order valence-electron chi connectivity index (χ0n) is 11.0. The summed E-state index contributed by atoms with van der Waals surface area (Å²) in [5.41, 5.74) is 0.683. The van der Waals surface area contributed by atoms with Crippen LogP contribution in [0.2, 0.25) is 0 Å². The number of halogens is 1. The fraction of sp³-hybridized carbons (Fsp3) is 0.667. The van der Waals surface area contributed by atoms with Crippen molar-refractivity contribution in [2.75, 3.05) is 25.0 Å². The summed E-state index contributed by atoms with van der Waals surface area (Å²) in [4.78, 5) is 12.0. The lowest BCUT2D eigenvalue weighted by Crippen LogP contribution is -2.26. The van der Waals surface area contributed by atoms with Gasteiger partial charge in [-0.3, -0.25) is 4.79 Å². The van der Waals surface area contributed by atoms with Crippen molar-refractivity contribution in [2.24, 2.45) is 0 Å². The molecule has 0 aliphatic carbocycles. The van der Waals surface area contributed by atoms with Crippen molar-refractivity contribution in [1.29, 1.82) is 0 Å². The lowest BCUT2D eigenvalue weighted by Gasteiger charge is -2.10. The van der Waals surface area contributed by atoms with Crippen LogP contribution in [0.15, 0.2) is 15.5 Å². The Balaban J connectivity index is 2.65. The van der Waals surface area contributed by atoms with E-state index in [4.69, 9.17) is 0 Å². The van der Waals surface area contributed by atoms with Gasteiger partial charge >= 0.3 is 0 Å². The molecular formula is C12H21BrN4O. The molecule has 0 aliphatic heterocycles. The van der Waals surface area contributed by atoms with Gasteiger partial charge in [0.2, 0.25) is 0 Å². The van der Waals surface area contributed by atoms with E-state index in [-0.39, 0.29) is 5.56 Å². The molecule has 0 radical (unpaired) electrons. The molecule has 102 valence electrons. The van der Waals surface area contributed by atoms with E-state index in [1.54, 1.807) is 6.20 Å². The number of aromatic nitrogens is 2. The van der Waals surface area contributed by atoms with E-state index in [0.717, 1.165) is 38.2 Å². The SMILES string of the molecule is CCCCn1ncc(NCCNCC)c(Br)c1=O. The standard InChI is InChI=1S/C12H21BrN4O/c1-3-5-8-17-12(18)11(13)10(9-16-17)15-7-6-14-4-2/h9,14-15H,3-8H2,1-2H3. The number of nitrogens with one attached hydrogen (secondary N) is 2. The molecule has 1 aromatic heterocycles. The molecule has 0 unspecified atom stereocenters. The van der Waals surface area contributed by atoms with Crippen molar-refractivity contribution in [3.05, 3.63) is 21.0 Å².